The van der Waals surface area contributed by atoms with Crippen LogP contribution in [0.15, 0.2) is 47.7 Å². The van der Waals surface area contributed by atoms with E-state index in [-0.39, 0.29) is 0 Å². The van der Waals surface area contributed by atoms with E-state index in [1.807, 2.05) is 36.5 Å². The Balaban J connectivity index is 2.42. The van der Waals surface area contributed by atoms with Crippen LogP contribution in [0.4, 0.5) is 0 Å². The van der Waals surface area contributed by atoms with Crippen molar-refractivity contribution in [1.82, 2.24) is 4.57 Å². The van der Waals surface area contributed by atoms with Crippen molar-refractivity contribution in [3.05, 3.63) is 53.9 Å². The molecule has 14 heavy (non-hydrogen) atoms. The van der Waals surface area contributed by atoms with E-state index in [1.165, 1.54) is 0 Å². The molecule has 0 bridgehead atoms. The highest BCUT2D eigenvalue weighted by atomic mass is 15.2. The second kappa shape index (κ2) is 2.48. The molecule has 1 aromatic carbocycles. The summed E-state index contributed by atoms with van der Waals surface area (Å²) < 4.78 is 2.10. The zero-order chi connectivity index (χ0) is 9.54. The maximum Gasteiger partial charge on any atom is 0.116 e. The van der Waals surface area contributed by atoms with E-state index in [4.69, 9.17) is 5.84 Å². The summed E-state index contributed by atoms with van der Waals surface area (Å²) in [6.45, 7) is 0. The van der Waals surface area contributed by atoms with Crippen LogP contribution in [-0.2, 0) is 0 Å². The van der Waals surface area contributed by atoms with Gasteiger partial charge in [0, 0.05) is 11.8 Å². The minimum absolute atomic E-state index is 0.866. The molecule has 1 aromatic heterocycles. The number of fused-ring (bicyclic) bond motifs is 3. The summed E-state index contributed by atoms with van der Waals surface area (Å²) in [6, 6.07) is 12.1. The summed E-state index contributed by atoms with van der Waals surface area (Å²) in [5.74, 6) is 5.40. The monoisotopic (exact) mass is 183 g/mol. The molecule has 2 heterocycles. The SMILES string of the molecule is N/N=C1/c2ccccc2-n2cccc21. The van der Waals surface area contributed by atoms with E-state index < -0.39 is 0 Å². The quantitative estimate of drug-likeness (QED) is 0.416. The molecule has 3 rings (SSSR count). The molecular formula is C11H9N3. The first kappa shape index (κ1) is 7.38. The molecule has 68 valence electrons. The first-order chi connectivity index (χ1) is 6.92. The standard InChI is InChI=1S/C11H9N3/c12-13-11-8-4-1-2-5-9(8)14-7-3-6-10(11)14/h1-7H,12H2/b13-11-. The summed E-state index contributed by atoms with van der Waals surface area (Å²) in [7, 11) is 0. The highest BCUT2D eigenvalue weighted by Crippen LogP contribution is 2.27. The Hall–Kier alpha value is -2.03. The summed E-state index contributed by atoms with van der Waals surface area (Å²) in [5.41, 5.74) is 4.18. The molecule has 1 aliphatic rings. The Morgan fingerprint density at radius 2 is 1.93 bits per heavy atom. The lowest BCUT2D eigenvalue weighted by atomic mass is 10.1. The van der Waals surface area contributed by atoms with E-state index >= 15 is 0 Å². The van der Waals surface area contributed by atoms with Gasteiger partial charge >= 0.3 is 0 Å². The number of nitrogens with zero attached hydrogens (tertiary/aromatic N) is 2. The second-order valence-electron chi connectivity index (χ2n) is 3.26. The van der Waals surface area contributed by atoms with E-state index in [0.29, 0.717) is 0 Å². The third-order valence-corrected chi connectivity index (χ3v) is 2.54. The van der Waals surface area contributed by atoms with Gasteiger partial charge in [0.2, 0.25) is 0 Å². The highest BCUT2D eigenvalue weighted by molar-refractivity contribution is 6.17. The molecule has 0 atom stereocenters. The Labute approximate surface area is 81.5 Å². The molecule has 0 radical (unpaired) electrons. The van der Waals surface area contributed by atoms with Gasteiger partial charge in [0.1, 0.15) is 5.71 Å². The number of benzene rings is 1. The number of rotatable bonds is 0. The molecule has 3 heteroatoms. The van der Waals surface area contributed by atoms with Gasteiger partial charge in [-0.05, 0) is 18.2 Å². The fourth-order valence-electron chi connectivity index (χ4n) is 1.94. The van der Waals surface area contributed by atoms with Gasteiger partial charge < -0.3 is 10.4 Å². The fraction of sp³-hybridized carbons (Fsp3) is 0. The van der Waals surface area contributed by atoms with Crippen molar-refractivity contribution in [3.63, 3.8) is 0 Å². The topological polar surface area (TPSA) is 43.3 Å². The van der Waals surface area contributed by atoms with Crippen molar-refractivity contribution in [2.24, 2.45) is 10.9 Å². The van der Waals surface area contributed by atoms with Gasteiger partial charge in [0.05, 0.1) is 11.4 Å². The van der Waals surface area contributed by atoms with Gasteiger partial charge in [0.15, 0.2) is 0 Å². The fourth-order valence-corrected chi connectivity index (χ4v) is 1.94. The summed E-state index contributed by atoms with van der Waals surface area (Å²) in [5, 5.41) is 3.84. The molecule has 0 aliphatic carbocycles. The summed E-state index contributed by atoms with van der Waals surface area (Å²) in [6.07, 6.45) is 2.02. The van der Waals surface area contributed by atoms with Crippen molar-refractivity contribution in [3.8, 4) is 5.69 Å². The maximum absolute atomic E-state index is 5.40. The summed E-state index contributed by atoms with van der Waals surface area (Å²) in [4.78, 5) is 0. The number of hydrogen-bond donors (Lipinski definition) is 1. The van der Waals surface area contributed by atoms with Crippen molar-refractivity contribution in [2.45, 2.75) is 0 Å². The lowest BCUT2D eigenvalue weighted by Crippen LogP contribution is -2.01. The predicted octanol–water partition coefficient (Wildman–Crippen LogP) is 1.50. The number of hydrazone groups is 1. The van der Waals surface area contributed by atoms with Crippen LogP contribution in [0.1, 0.15) is 11.3 Å². The summed E-state index contributed by atoms with van der Waals surface area (Å²) >= 11 is 0. The van der Waals surface area contributed by atoms with E-state index in [1.54, 1.807) is 0 Å². The Morgan fingerprint density at radius 1 is 1.07 bits per heavy atom. The number of hydrogen-bond acceptors (Lipinski definition) is 2. The first-order valence-corrected chi connectivity index (χ1v) is 4.47. The minimum Gasteiger partial charge on any atom is -0.323 e. The molecule has 1 aliphatic heterocycles. The number of nitrogens with two attached hydrogens (primary N) is 1. The van der Waals surface area contributed by atoms with Crippen LogP contribution in [0.3, 0.4) is 0 Å². The van der Waals surface area contributed by atoms with Crippen molar-refractivity contribution in [2.75, 3.05) is 0 Å². The molecule has 3 nitrogen and oxygen atoms in total. The van der Waals surface area contributed by atoms with Gasteiger partial charge in [-0.15, -0.1) is 0 Å². The van der Waals surface area contributed by atoms with Crippen LogP contribution in [0, 0.1) is 0 Å². The molecule has 0 unspecified atom stereocenters. The Kier molecular flexibility index (Phi) is 1.31. The average molecular weight is 183 g/mol. The van der Waals surface area contributed by atoms with Gasteiger partial charge in [-0.3, -0.25) is 0 Å². The third kappa shape index (κ3) is 0.738. The van der Waals surface area contributed by atoms with Crippen molar-refractivity contribution in [1.29, 1.82) is 0 Å². The van der Waals surface area contributed by atoms with Crippen molar-refractivity contribution >= 4 is 5.71 Å². The molecule has 0 saturated heterocycles. The zero-order valence-corrected chi connectivity index (χ0v) is 7.51. The van der Waals surface area contributed by atoms with E-state index in [0.717, 1.165) is 22.7 Å². The average Bonchev–Trinajstić information content (AvgIpc) is 2.77. The predicted molar refractivity (Wildman–Crippen MR) is 55.6 cm³/mol. The molecule has 0 amide bonds. The molecule has 0 saturated carbocycles. The van der Waals surface area contributed by atoms with Crippen LogP contribution in [0.2, 0.25) is 0 Å². The molecular weight excluding hydrogens is 174 g/mol. The van der Waals surface area contributed by atoms with Crippen LogP contribution in [0.25, 0.3) is 5.69 Å². The van der Waals surface area contributed by atoms with E-state index in [9.17, 15) is 0 Å². The zero-order valence-electron chi connectivity index (χ0n) is 7.51. The van der Waals surface area contributed by atoms with E-state index in [2.05, 4.69) is 15.7 Å². The largest absolute Gasteiger partial charge is 0.323 e. The Bertz CT molecular complexity index is 523. The van der Waals surface area contributed by atoms with Gasteiger partial charge in [0.25, 0.3) is 0 Å². The van der Waals surface area contributed by atoms with Gasteiger partial charge in [-0.25, -0.2) is 0 Å². The maximum atomic E-state index is 5.40. The minimum atomic E-state index is 0.866. The highest BCUT2D eigenvalue weighted by Gasteiger charge is 2.23. The third-order valence-electron chi connectivity index (χ3n) is 2.54. The van der Waals surface area contributed by atoms with Crippen LogP contribution in [0.5, 0.6) is 0 Å². The smallest absolute Gasteiger partial charge is 0.116 e. The van der Waals surface area contributed by atoms with Crippen LogP contribution in [-0.4, -0.2) is 10.3 Å². The first-order valence-electron chi connectivity index (χ1n) is 4.47. The van der Waals surface area contributed by atoms with Crippen LogP contribution < -0.4 is 5.84 Å². The number of aromatic nitrogens is 1. The molecule has 0 fully saturated rings. The molecule has 0 spiro atoms. The molecule has 2 aromatic rings. The van der Waals surface area contributed by atoms with Gasteiger partial charge in [-0.2, -0.15) is 5.10 Å². The van der Waals surface area contributed by atoms with Crippen molar-refractivity contribution < 1.29 is 0 Å². The number of para-hydroxylation sites is 1. The Morgan fingerprint density at radius 3 is 2.79 bits per heavy atom. The molecule has 2 N–H and O–H groups in total. The normalized spacial score (nSPS) is 15.6. The lowest BCUT2D eigenvalue weighted by Gasteiger charge is -1.98. The lowest BCUT2D eigenvalue weighted by molar-refractivity contribution is 1.09. The van der Waals surface area contributed by atoms with Crippen LogP contribution >= 0.6 is 0 Å². The van der Waals surface area contributed by atoms with Gasteiger partial charge in [-0.1, -0.05) is 18.2 Å². The second-order valence-corrected chi connectivity index (χ2v) is 3.26.